The van der Waals surface area contributed by atoms with Gasteiger partial charge in [-0.1, -0.05) is 6.07 Å². The molecule has 1 aromatic heterocycles. The molecule has 0 saturated carbocycles. The predicted octanol–water partition coefficient (Wildman–Crippen LogP) is 1.30. The summed E-state index contributed by atoms with van der Waals surface area (Å²) in [6.07, 6.45) is 5.41. The van der Waals surface area contributed by atoms with Crippen LogP contribution in [-0.2, 0) is 4.74 Å². The van der Waals surface area contributed by atoms with Crippen LogP contribution < -0.4 is 5.73 Å². The van der Waals surface area contributed by atoms with E-state index < -0.39 is 0 Å². The normalized spacial score (nSPS) is 15.7. The molecule has 0 unspecified atom stereocenters. The molecule has 1 aliphatic rings. The number of pyridine rings is 1. The van der Waals surface area contributed by atoms with E-state index in [1.165, 1.54) is 0 Å². The van der Waals surface area contributed by atoms with Crippen molar-refractivity contribution in [2.45, 2.75) is 0 Å². The van der Waals surface area contributed by atoms with Gasteiger partial charge in [-0.15, -0.1) is 0 Å². The van der Waals surface area contributed by atoms with Crippen LogP contribution in [0.1, 0.15) is 5.69 Å². The van der Waals surface area contributed by atoms with Gasteiger partial charge in [0.1, 0.15) is 18.1 Å². The Morgan fingerprint density at radius 1 is 1.31 bits per heavy atom. The fourth-order valence-corrected chi connectivity index (χ4v) is 1.11. The average Bonchev–Trinajstić information content (AvgIpc) is 2.20. The Bertz CT molecular complexity index is 354. The largest absolute Gasteiger partial charge is 0.485 e. The second-order valence-corrected chi connectivity index (χ2v) is 2.78. The summed E-state index contributed by atoms with van der Waals surface area (Å²) in [5.74, 6) is 0.773. The minimum Gasteiger partial charge on any atom is -0.485 e. The maximum Gasteiger partial charge on any atom is 0.145 e. The quantitative estimate of drug-likeness (QED) is 0.698. The van der Waals surface area contributed by atoms with Crippen LogP contribution in [0.15, 0.2) is 42.2 Å². The molecular weight excluding hydrogens is 164 g/mol. The van der Waals surface area contributed by atoms with E-state index in [0.717, 1.165) is 17.2 Å². The van der Waals surface area contributed by atoms with E-state index in [2.05, 4.69) is 4.98 Å². The highest BCUT2D eigenvalue weighted by molar-refractivity contribution is 5.59. The predicted molar refractivity (Wildman–Crippen MR) is 50.4 cm³/mol. The lowest BCUT2D eigenvalue weighted by molar-refractivity contribution is 0.302. The molecule has 3 nitrogen and oxygen atoms in total. The summed E-state index contributed by atoms with van der Waals surface area (Å²) in [7, 11) is 0. The molecule has 0 saturated heterocycles. The fourth-order valence-electron chi connectivity index (χ4n) is 1.11. The van der Waals surface area contributed by atoms with E-state index in [0.29, 0.717) is 6.61 Å². The zero-order valence-electron chi connectivity index (χ0n) is 7.10. The molecule has 0 atom stereocenters. The van der Waals surface area contributed by atoms with Crippen LogP contribution in [0.25, 0.3) is 5.76 Å². The highest BCUT2D eigenvalue weighted by Crippen LogP contribution is 2.16. The van der Waals surface area contributed by atoms with E-state index >= 15 is 0 Å². The lowest BCUT2D eigenvalue weighted by Crippen LogP contribution is -2.09. The third kappa shape index (κ3) is 1.69. The summed E-state index contributed by atoms with van der Waals surface area (Å²) in [5, 5.41) is 0. The van der Waals surface area contributed by atoms with Crippen molar-refractivity contribution in [1.29, 1.82) is 0 Å². The highest BCUT2D eigenvalue weighted by Gasteiger charge is 2.06. The molecule has 0 fully saturated rings. The fraction of sp³-hybridized carbons (Fsp3) is 0.100. The van der Waals surface area contributed by atoms with Gasteiger partial charge in [-0.05, 0) is 24.3 Å². The molecule has 0 radical (unpaired) electrons. The number of hydrogen-bond acceptors (Lipinski definition) is 3. The standard InChI is InChI=1S/C10H10N2O/c11-8-4-5-10(13-7-8)9-3-1-2-6-12-9/h1-6H,7,11H2. The lowest BCUT2D eigenvalue weighted by atomic mass is 10.2. The molecule has 2 rings (SSSR count). The first-order valence-corrected chi connectivity index (χ1v) is 4.07. The van der Waals surface area contributed by atoms with Crippen molar-refractivity contribution in [2.75, 3.05) is 6.61 Å². The molecule has 2 N–H and O–H groups in total. The highest BCUT2D eigenvalue weighted by atomic mass is 16.5. The van der Waals surface area contributed by atoms with Crippen molar-refractivity contribution in [3.8, 4) is 0 Å². The first-order chi connectivity index (χ1) is 6.36. The molecular formula is C10H10N2O. The Labute approximate surface area is 76.5 Å². The van der Waals surface area contributed by atoms with E-state index in [9.17, 15) is 0 Å². The van der Waals surface area contributed by atoms with Crippen molar-refractivity contribution in [3.05, 3.63) is 47.9 Å². The van der Waals surface area contributed by atoms with Crippen molar-refractivity contribution in [1.82, 2.24) is 4.98 Å². The Kier molecular flexibility index (Phi) is 2.00. The molecule has 0 amide bonds. The second kappa shape index (κ2) is 3.31. The van der Waals surface area contributed by atoms with Gasteiger partial charge in [0.05, 0.1) is 0 Å². The van der Waals surface area contributed by atoms with Gasteiger partial charge in [0.2, 0.25) is 0 Å². The van der Waals surface area contributed by atoms with Gasteiger partial charge in [0, 0.05) is 11.9 Å². The minimum atomic E-state index is 0.447. The smallest absolute Gasteiger partial charge is 0.145 e. The van der Waals surface area contributed by atoms with Gasteiger partial charge in [-0.2, -0.15) is 0 Å². The van der Waals surface area contributed by atoms with E-state index in [4.69, 9.17) is 10.5 Å². The lowest BCUT2D eigenvalue weighted by Gasteiger charge is -2.13. The maximum absolute atomic E-state index is 5.55. The zero-order valence-corrected chi connectivity index (χ0v) is 7.10. The van der Waals surface area contributed by atoms with Crippen LogP contribution in [0, 0.1) is 0 Å². The first-order valence-electron chi connectivity index (χ1n) is 4.07. The molecule has 0 bridgehead atoms. The summed E-state index contributed by atoms with van der Waals surface area (Å²) < 4.78 is 5.38. The number of hydrogen-bond donors (Lipinski definition) is 1. The molecule has 0 spiro atoms. The van der Waals surface area contributed by atoms with Crippen LogP contribution in [0.2, 0.25) is 0 Å². The van der Waals surface area contributed by atoms with Crippen LogP contribution in [0.3, 0.4) is 0 Å². The summed E-state index contributed by atoms with van der Waals surface area (Å²) in [6.45, 7) is 0.447. The average molecular weight is 174 g/mol. The third-order valence-electron chi connectivity index (χ3n) is 1.76. The summed E-state index contributed by atoms with van der Waals surface area (Å²) in [6, 6.07) is 5.70. The van der Waals surface area contributed by atoms with Gasteiger partial charge in [0.25, 0.3) is 0 Å². The number of allylic oxidation sites excluding steroid dienone is 2. The molecule has 1 aliphatic heterocycles. The van der Waals surface area contributed by atoms with Crippen LogP contribution in [0.4, 0.5) is 0 Å². The molecule has 66 valence electrons. The second-order valence-electron chi connectivity index (χ2n) is 2.78. The van der Waals surface area contributed by atoms with Gasteiger partial charge in [-0.25, -0.2) is 0 Å². The Hall–Kier alpha value is -1.77. The summed E-state index contributed by atoms with van der Waals surface area (Å²) >= 11 is 0. The Morgan fingerprint density at radius 2 is 2.23 bits per heavy atom. The van der Waals surface area contributed by atoms with Crippen molar-refractivity contribution in [3.63, 3.8) is 0 Å². The van der Waals surface area contributed by atoms with E-state index in [-0.39, 0.29) is 0 Å². The molecule has 1 aromatic rings. The Balaban J connectivity index is 2.29. The van der Waals surface area contributed by atoms with Crippen LogP contribution in [-0.4, -0.2) is 11.6 Å². The number of nitrogens with zero attached hydrogens (tertiary/aromatic N) is 1. The number of aromatic nitrogens is 1. The van der Waals surface area contributed by atoms with Crippen LogP contribution in [0.5, 0.6) is 0 Å². The molecule has 2 heterocycles. The summed E-state index contributed by atoms with van der Waals surface area (Å²) in [4.78, 5) is 4.16. The third-order valence-corrected chi connectivity index (χ3v) is 1.76. The van der Waals surface area contributed by atoms with Crippen molar-refractivity contribution >= 4 is 5.76 Å². The Morgan fingerprint density at radius 3 is 2.85 bits per heavy atom. The van der Waals surface area contributed by atoms with E-state index in [1.807, 2.05) is 30.4 Å². The summed E-state index contributed by atoms with van der Waals surface area (Å²) in [5.41, 5.74) is 7.12. The first kappa shape index (κ1) is 7.86. The van der Waals surface area contributed by atoms with Gasteiger partial charge in [-0.3, -0.25) is 4.98 Å². The van der Waals surface area contributed by atoms with E-state index in [1.54, 1.807) is 6.20 Å². The SMILES string of the molecule is NC1=CC=C(c2ccccn2)OC1. The number of rotatable bonds is 1. The molecule has 13 heavy (non-hydrogen) atoms. The molecule has 3 heteroatoms. The maximum atomic E-state index is 5.55. The molecule has 0 aromatic carbocycles. The van der Waals surface area contributed by atoms with Gasteiger partial charge in [0.15, 0.2) is 0 Å². The minimum absolute atomic E-state index is 0.447. The van der Waals surface area contributed by atoms with Crippen molar-refractivity contribution in [2.24, 2.45) is 5.73 Å². The zero-order chi connectivity index (χ0) is 9.10. The molecule has 0 aliphatic carbocycles. The van der Waals surface area contributed by atoms with Crippen LogP contribution >= 0.6 is 0 Å². The van der Waals surface area contributed by atoms with Crippen molar-refractivity contribution < 1.29 is 4.74 Å². The number of nitrogens with two attached hydrogens (primary N) is 1. The topological polar surface area (TPSA) is 48.1 Å². The van der Waals surface area contributed by atoms with Gasteiger partial charge < -0.3 is 10.5 Å². The monoisotopic (exact) mass is 174 g/mol. The van der Waals surface area contributed by atoms with Gasteiger partial charge >= 0.3 is 0 Å². The number of ether oxygens (including phenoxy) is 1.